The number of amides is 2. The SMILES string of the molecule is C[C@H]1CNCCN1C(=O)c1ccc(NC(=O)c2ncc(-c3c(-c4ccc(N)cn4)n[nH]c3C(F)(F)F)n2C)cc1Cl. The van der Waals surface area contributed by atoms with Crippen molar-refractivity contribution in [2.75, 3.05) is 30.7 Å². The summed E-state index contributed by atoms with van der Waals surface area (Å²) in [6.45, 7) is 3.82. The predicted molar refractivity (Wildman–Crippen MR) is 146 cm³/mol. The Bertz CT molecular complexity index is 1620. The Kier molecular flexibility index (Phi) is 7.44. The summed E-state index contributed by atoms with van der Waals surface area (Å²) < 4.78 is 43.0. The number of H-pyrrole nitrogens is 1. The zero-order valence-electron chi connectivity index (χ0n) is 21.9. The van der Waals surface area contributed by atoms with Gasteiger partial charge in [0.05, 0.1) is 45.6 Å². The lowest BCUT2D eigenvalue weighted by molar-refractivity contribution is -0.140. The Morgan fingerprint density at radius 2 is 1.95 bits per heavy atom. The second kappa shape index (κ2) is 10.9. The highest BCUT2D eigenvalue weighted by molar-refractivity contribution is 6.34. The Labute approximate surface area is 236 Å². The van der Waals surface area contributed by atoms with Crippen LogP contribution in [-0.2, 0) is 13.2 Å². The molecule has 1 fully saturated rings. The van der Waals surface area contributed by atoms with E-state index in [1.165, 1.54) is 48.1 Å². The summed E-state index contributed by atoms with van der Waals surface area (Å²) in [6, 6.07) is 7.41. The fraction of sp³-hybridized carbons (Fsp3) is 0.269. The van der Waals surface area contributed by atoms with Crippen LogP contribution in [0.25, 0.3) is 22.6 Å². The quantitative estimate of drug-likeness (QED) is 0.278. The first-order valence-electron chi connectivity index (χ1n) is 12.5. The van der Waals surface area contributed by atoms with Gasteiger partial charge in [-0.2, -0.15) is 18.3 Å². The van der Waals surface area contributed by atoms with Gasteiger partial charge in [-0.1, -0.05) is 11.6 Å². The van der Waals surface area contributed by atoms with E-state index in [0.29, 0.717) is 30.9 Å². The van der Waals surface area contributed by atoms with Crippen LogP contribution in [0.15, 0.2) is 42.7 Å². The van der Waals surface area contributed by atoms with Crippen molar-refractivity contribution in [3.63, 3.8) is 0 Å². The third-order valence-electron chi connectivity index (χ3n) is 6.75. The number of nitrogens with one attached hydrogen (secondary N) is 3. The summed E-state index contributed by atoms with van der Waals surface area (Å²) in [5, 5.41) is 11.9. The van der Waals surface area contributed by atoms with Crippen LogP contribution in [0, 0.1) is 0 Å². The second-order valence-electron chi connectivity index (χ2n) is 9.52. The van der Waals surface area contributed by atoms with Gasteiger partial charge >= 0.3 is 6.18 Å². The molecule has 4 heterocycles. The van der Waals surface area contributed by atoms with E-state index >= 15 is 0 Å². The summed E-state index contributed by atoms with van der Waals surface area (Å²) >= 11 is 6.40. The number of aromatic nitrogens is 5. The number of hydrogen-bond donors (Lipinski definition) is 4. The number of aromatic amines is 1. The first-order valence-corrected chi connectivity index (χ1v) is 12.9. The number of imidazole rings is 1. The Morgan fingerprint density at radius 3 is 2.61 bits per heavy atom. The monoisotopic (exact) mass is 587 g/mol. The Morgan fingerprint density at radius 1 is 1.17 bits per heavy atom. The molecule has 214 valence electrons. The first-order chi connectivity index (χ1) is 19.5. The van der Waals surface area contributed by atoms with Crippen molar-refractivity contribution in [3.05, 3.63) is 64.8 Å². The molecule has 0 saturated carbocycles. The molecule has 41 heavy (non-hydrogen) atoms. The van der Waals surface area contributed by atoms with E-state index in [-0.39, 0.29) is 51.1 Å². The van der Waals surface area contributed by atoms with Crippen LogP contribution in [-0.4, -0.2) is 67.1 Å². The lowest BCUT2D eigenvalue weighted by Crippen LogP contribution is -2.52. The highest BCUT2D eigenvalue weighted by Crippen LogP contribution is 2.40. The molecular weight excluding hydrogens is 563 g/mol. The van der Waals surface area contributed by atoms with Crippen LogP contribution in [0.5, 0.6) is 0 Å². The van der Waals surface area contributed by atoms with Crippen LogP contribution in [0.1, 0.15) is 33.6 Å². The van der Waals surface area contributed by atoms with Gasteiger partial charge in [-0.15, -0.1) is 0 Å². The van der Waals surface area contributed by atoms with Crippen molar-refractivity contribution in [1.29, 1.82) is 0 Å². The molecule has 1 saturated heterocycles. The number of carbonyl (C=O) groups excluding carboxylic acids is 2. The fourth-order valence-corrected chi connectivity index (χ4v) is 4.89. The summed E-state index contributed by atoms with van der Waals surface area (Å²) in [5.41, 5.74) is 5.17. The van der Waals surface area contributed by atoms with E-state index in [0.717, 1.165) is 6.20 Å². The molecule has 1 aliphatic rings. The van der Waals surface area contributed by atoms with Crippen LogP contribution < -0.4 is 16.4 Å². The minimum absolute atomic E-state index is 0.00582. The molecular formula is C26H25ClF3N9O2. The summed E-state index contributed by atoms with van der Waals surface area (Å²) in [6.07, 6.45) is -2.32. The number of halogens is 4. The van der Waals surface area contributed by atoms with Crippen molar-refractivity contribution in [1.82, 2.24) is 34.9 Å². The average Bonchev–Trinajstić information content (AvgIpc) is 3.53. The molecule has 0 aliphatic carbocycles. The highest BCUT2D eigenvalue weighted by Gasteiger charge is 2.39. The lowest BCUT2D eigenvalue weighted by atomic mass is 10.1. The maximum absolute atomic E-state index is 13.9. The molecule has 0 bridgehead atoms. The lowest BCUT2D eigenvalue weighted by Gasteiger charge is -2.34. The van der Waals surface area contributed by atoms with Crippen LogP contribution in [0.2, 0.25) is 5.02 Å². The van der Waals surface area contributed by atoms with Gasteiger partial charge in [-0.3, -0.25) is 19.7 Å². The Hall–Kier alpha value is -4.43. The molecule has 5 N–H and O–H groups in total. The minimum Gasteiger partial charge on any atom is -0.397 e. The van der Waals surface area contributed by atoms with Crippen molar-refractivity contribution < 1.29 is 22.8 Å². The number of hydrogen-bond acceptors (Lipinski definition) is 7. The number of piperazine rings is 1. The van der Waals surface area contributed by atoms with Gasteiger partial charge in [0.1, 0.15) is 11.4 Å². The van der Waals surface area contributed by atoms with E-state index < -0.39 is 17.8 Å². The van der Waals surface area contributed by atoms with Crippen molar-refractivity contribution in [2.45, 2.75) is 19.1 Å². The number of alkyl halides is 3. The van der Waals surface area contributed by atoms with E-state index in [1.807, 2.05) is 12.0 Å². The van der Waals surface area contributed by atoms with Crippen LogP contribution in [0.4, 0.5) is 24.5 Å². The maximum atomic E-state index is 13.9. The van der Waals surface area contributed by atoms with Gasteiger partial charge in [0, 0.05) is 38.4 Å². The Balaban J connectivity index is 1.42. The zero-order chi connectivity index (χ0) is 29.5. The van der Waals surface area contributed by atoms with Crippen LogP contribution >= 0.6 is 11.6 Å². The number of benzene rings is 1. The van der Waals surface area contributed by atoms with Crippen molar-refractivity contribution in [2.24, 2.45) is 7.05 Å². The number of anilines is 2. The molecule has 4 aromatic rings. The third kappa shape index (κ3) is 5.47. The third-order valence-corrected chi connectivity index (χ3v) is 7.06. The maximum Gasteiger partial charge on any atom is 0.433 e. The van der Waals surface area contributed by atoms with E-state index in [1.54, 1.807) is 4.90 Å². The van der Waals surface area contributed by atoms with Gasteiger partial charge in [-0.25, -0.2) is 4.98 Å². The number of rotatable bonds is 5. The number of nitrogens with two attached hydrogens (primary N) is 1. The standard InChI is InChI=1S/C26H25ClF3N9O2/c1-13-10-32-7-8-39(13)25(41)16-5-4-15(9-17(16)27)35-24(40)23-34-12-19(38(23)2)20-21(18-6-3-14(31)11-33-18)36-37-22(20)26(28,29)30/h3-6,9,11-13,32H,7-8,10,31H2,1-2H3,(H,35,40)(H,36,37)/t13-/m0/s1. The predicted octanol–water partition coefficient (Wildman–Crippen LogP) is 3.81. The number of pyridine rings is 1. The fourth-order valence-electron chi connectivity index (χ4n) is 4.63. The van der Waals surface area contributed by atoms with E-state index in [4.69, 9.17) is 17.3 Å². The van der Waals surface area contributed by atoms with Crippen molar-refractivity contribution in [3.8, 4) is 22.6 Å². The molecule has 15 heteroatoms. The first kappa shape index (κ1) is 28.1. The van der Waals surface area contributed by atoms with Gasteiger partial charge in [-0.05, 0) is 37.3 Å². The smallest absolute Gasteiger partial charge is 0.397 e. The molecule has 1 aliphatic heterocycles. The summed E-state index contributed by atoms with van der Waals surface area (Å²) in [5.74, 6) is -1.09. The van der Waals surface area contributed by atoms with Gasteiger partial charge in [0.25, 0.3) is 11.8 Å². The molecule has 11 nitrogen and oxygen atoms in total. The molecule has 2 amide bonds. The molecule has 0 unspecified atom stereocenters. The molecule has 1 atom stereocenters. The number of nitrogen functional groups attached to an aromatic ring is 1. The van der Waals surface area contributed by atoms with Gasteiger partial charge < -0.3 is 25.8 Å². The highest BCUT2D eigenvalue weighted by atomic mass is 35.5. The van der Waals surface area contributed by atoms with Crippen molar-refractivity contribution >= 4 is 34.8 Å². The normalized spacial score (nSPS) is 15.7. The van der Waals surface area contributed by atoms with Gasteiger partial charge in [0.15, 0.2) is 5.82 Å². The molecule has 5 rings (SSSR count). The minimum atomic E-state index is -4.78. The zero-order valence-corrected chi connectivity index (χ0v) is 22.6. The number of nitrogens with zero attached hydrogens (tertiary/aromatic N) is 5. The van der Waals surface area contributed by atoms with Gasteiger partial charge in [0.2, 0.25) is 0 Å². The van der Waals surface area contributed by atoms with Crippen LogP contribution in [0.3, 0.4) is 0 Å². The topological polar surface area (TPSA) is 147 Å². The summed E-state index contributed by atoms with van der Waals surface area (Å²) in [7, 11) is 1.41. The molecule has 3 aromatic heterocycles. The molecule has 0 radical (unpaired) electrons. The average molecular weight is 588 g/mol. The van der Waals surface area contributed by atoms with E-state index in [2.05, 4.69) is 25.7 Å². The second-order valence-corrected chi connectivity index (χ2v) is 9.93. The number of carbonyl (C=O) groups is 2. The summed E-state index contributed by atoms with van der Waals surface area (Å²) in [4.78, 5) is 36.0. The van der Waals surface area contributed by atoms with E-state index in [9.17, 15) is 22.8 Å². The molecule has 0 spiro atoms. The largest absolute Gasteiger partial charge is 0.433 e. The molecule has 1 aromatic carbocycles.